The van der Waals surface area contributed by atoms with Crippen LogP contribution in [-0.2, 0) is 6.54 Å². The molecule has 5 nitrogen and oxygen atoms in total. The van der Waals surface area contributed by atoms with E-state index in [1.165, 1.54) is 5.56 Å². The lowest BCUT2D eigenvalue weighted by atomic mass is 9.89. The monoisotopic (exact) mass is 393 g/mol. The number of amides is 3. The molecule has 3 amide bonds. The molecule has 0 saturated carbocycles. The Morgan fingerprint density at radius 1 is 1.14 bits per heavy atom. The van der Waals surface area contributed by atoms with Crippen molar-refractivity contribution in [2.75, 3.05) is 13.1 Å². The first-order chi connectivity index (χ1) is 13.9. The van der Waals surface area contributed by atoms with Crippen LogP contribution in [0.25, 0.3) is 0 Å². The third-order valence-electron chi connectivity index (χ3n) is 5.44. The number of carbonyl (C=O) groups is 2. The van der Waals surface area contributed by atoms with Gasteiger partial charge in [-0.1, -0.05) is 36.4 Å². The molecule has 1 aliphatic rings. The molecule has 1 aliphatic heterocycles. The van der Waals surface area contributed by atoms with Crippen LogP contribution in [-0.4, -0.2) is 36.0 Å². The maximum atomic E-state index is 12.7. The first-order valence-electron chi connectivity index (χ1n) is 10.4. The summed E-state index contributed by atoms with van der Waals surface area (Å²) in [5.74, 6) is 0.186. The van der Waals surface area contributed by atoms with Crippen molar-refractivity contribution in [3.8, 4) is 0 Å². The average Bonchev–Trinajstić information content (AvgIpc) is 2.72. The van der Waals surface area contributed by atoms with Gasteiger partial charge in [-0.15, -0.1) is 0 Å². The van der Waals surface area contributed by atoms with Crippen LogP contribution < -0.4 is 10.6 Å². The molecule has 5 heteroatoms. The van der Waals surface area contributed by atoms with Crippen molar-refractivity contribution in [2.24, 2.45) is 0 Å². The molecule has 1 atom stereocenters. The van der Waals surface area contributed by atoms with Gasteiger partial charge in [0.05, 0.1) is 0 Å². The van der Waals surface area contributed by atoms with E-state index in [1.807, 2.05) is 68.1 Å². The number of hydrogen-bond donors (Lipinski definition) is 2. The minimum atomic E-state index is -0.0691. The molecule has 1 saturated heterocycles. The van der Waals surface area contributed by atoms with Crippen molar-refractivity contribution < 1.29 is 9.59 Å². The van der Waals surface area contributed by atoms with E-state index in [-0.39, 0.29) is 23.9 Å². The molecule has 0 aliphatic carbocycles. The molecule has 1 heterocycles. The number of aryl methyl sites for hydroxylation is 1. The van der Waals surface area contributed by atoms with Crippen molar-refractivity contribution in [2.45, 2.75) is 52.1 Å². The first kappa shape index (κ1) is 20.9. The Labute approximate surface area is 173 Å². The van der Waals surface area contributed by atoms with Gasteiger partial charge in [0.1, 0.15) is 0 Å². The van der Waals surface area contributed by atoms with Gasteiger partial charge >= 0.3 is 6.03 Å². The van der Waals surface area contributed by atoms with E-state index in [1.54, 1.807) is 0 Å². The zero-order chi connectivity index (χ0) is 20.8. The Morgan fingerprint density at radius 3 is 2.69 bits per heavy atom. The fraction of sp³-hybridized carbons (Fsp3) is 0.417. The topological polar surface area (TPSA) is 61.4 Å². The van der Waals surface area contributed by atoms with E-state index in [4.69, 9.17) is 0 Å². The number of carbonyl (C=O) groups excluding carboxylic acids is 2. The summed E-state index contributed by atoms with van der Waals surface area (Å²) in [6, 6.07) is 16.0. The Balaban J connectivity index is 1.64. The van der Waals surface area contributed by atoms with Gasteiger partial charge in [-0.2, -0.15) is 0 Å². The predicted molar refractivity (Wildman–Crippen MR) is 116 cm³/mol. The number of hydrogen-bond acceptors (Lipinski definition) is 2. The number of likely N-dealkylation sites (tertiary alicyclic amines) is 1. The molecule has 2 aromatic rings. The first-order valence-corrected chi connectivity index (χ1v) is 10.4. The molecule has 2 N–H and O–H groups in total. The molecule has 2 aromatic carbocycles. The molecule has 3 rings (SSSR count). The molecule has 1 unspecified atom stereocenters. The lowest BCUT2D eigenvalue weighted by Gasteiger charge is -2.33. The number of rotatable bonds is 5. The van der Waals surface area contributed by atoms with Crippen molar-refractivity contribution in [1.82, 2.24) is 15.5 Å². The van der Waals surface area contributed by atoms with Gasteiger partial charge in [-0.3, -0.25) is 4.79 Å². The normalized spacial score (nSPS) is 16.6. The number of nitrogens with zero attached hydrogens (tertiary/aromatic N) is 1. The second-order valence-electron chi connectivity index (χ2n) is 8.12. The number of nitrogens with one attached hydrogen (secondary N) is 2. The maximum absolute atomic E-state index is 12.7. The summed E-state index contributed by atoms with van der Waals surface area (Å²) in [6.45, 7) is 7.98. The largest absolute Gasteiger partial charge is 0.348 e. The molecule has 29 heavy (non-hydrogen) atoms. The van der Waals surface area contributed by atoms with E-state index in [9.17, 15) is 9.59 Å². The molecule has 0 bridgehead atoms. The highest BCUT2D eigenvalue weighted by Crippen LogP contribution is 2.27. The molecular weight excluding hydrogens is 362 g/mol. The number of urea groups is 1. The summed E-state index contributed by atoms with van der Waals surface area (Å²) in [5.41, 5.74) is 4.08. The van der Waals surface area contributed by atoms with Gasteiger partial charge < -0.3 is 15.5 Å². The Morgan fingerprint density at radius 2 is 1.93 bits per heavy atom. The second-order valence-corrected chi connectivity index (χ2v) is 8.12. The Hall–Kier alpha value is -2.82. The molecule has 154 valence electrons. The van der Waals surface area contributed by atoms with Crippen LogP contribution in [0.15, 0.2) is 48.5 Å². The zero-order valence-electron chi connectivity index (χ0n) is 17.6. The van der Waals surface area contributed by atoms with Crippen LogP contribution in [0.3, 0.4) is 0 Å². The molecular formula is C24H31N3O2. The summed E-state index contributed by atoms with van der Waals surface area (Å²) in [7, 11) is 0. The van der Waals surface area contributed by atoms with Crippen LogP contribution in [0.1, 0.15) is 59.7 Å². The maximum Gasteiger partial charge on any atom is 0.317 e. The van der Waals surface area contributed by atoms with Gasteiger partial charge in [0.2, 0.25) is 0 Å². The quantitative estimate of drug-likeness (QED) is 0.799. The fourth-order valence-corrected chi connectivity index (χ4v) is 3.79. The number of benzene rings is 2. The van der Waals surface area contributed by atoms with Crippen LogP contribution in [0.5, 0.6) is 0 Å². The van der Waals surface area contributed by atoms with E-state index >= 15 is 0 Å². The van der Waals surface area contributed by atoms with E-state index < -0.39 is 0 Å². The molecule has 1 fully saturated rings. The van der Waals surface area contributed by atoms with E-state index in [2.05, 4.69) is 16.7 Å². The lowest BCUT2D eigenvalue weighted by molar-refractivity contribution is 0.0950. The van der Waals surface area contributed by atoms with Crippen LogP contribution >= 0.6 is 0 Å². The van der Waals surface area contributed by atoms with Crippen molar-refractivity contribution in [3.63, 3.8) is 0 Å². The standard InChI is InChI=1S/C24H31N3O2/c1-17(2)26-24(29)27-13-7-12-22(16-27)19-10-6-11-20(14-19)23(28)25-15-21-9-5-4-8-18(21)3/h4-6,8-11,14,17,22H,7,12-13,15-16H2,1-3H3,(H,25,28)(H,26,29). The average molecular weight is 394 g/mol. The van der Waals surface area contributed by atoms with Gasteiger partial charge in [-0.25, -0.2) is 4.79 Å². The highest BCUT2D eigenvalue weighted by atomic mass is 16.2. The predicted octanol–water partition coefficient (Wildman–Crippen LogP) is 4.22. The minimum Gasteiger partial charge on any atom is -0.348 e. The van der Waals surface area contributed by atoms with Crippen molar-refractivity contribution >= 4 is 11.9 Å². The summed E-state index contributed by atoms with van der Waals surface area (Å²) in [5, 5.41) is 6.00. The zero-order valence-corrected chi connectivity index (χ0v) is 17.6. The van der Waals surface area contributed by atoms with Gasteiger partial charge in [-0.05, 0) is 62.4 Å². The van der Waals surface area contributed by atoms with E-state index in [0.717, 1.165) is 30.5 Å². The van der Waals surface area contributed by atoms with Crippen LogP contribution in [0.2, 0.25) is 0 Å². The van der Waals surface area contributed by atoms with Gasteiger partial charge in [0.25, 0.3) is 5.91 Å². The summed E-state index contributed by atoms with van der Waals surface area (Å²) in [4.78, 5) is 26.9. The Kier molecular flexibility index (Phi) is 6.91. The summed E-state index contributed by atoms with van der Waals surface area (Å²) < 4.78 is 0. The third kappa shape index (κ3) is 5.59. The summed E-state index contributed by atoms with van der Waals surface area (Å²) in [6.07, 6.45) is 2.00. The third-order valence-corrected chi connectivity index (χ3v) is 5.44. The number of piperidine rings is 1. The van der Waals surface area contributed by atoms with Crippen molar-refractivity contribution in [3.05, 3.63) is 70.8 Å². The van der Waals surface area contributed by atoms with Gasteiger partial charge in [0.15, 0.2) is 0 Å². The summed E-state index contributed by atoms with van der Waals surface area (Å²) >= 11 is 0. The van der Waals surface area contributed by atoms with Gasteiger partial charge in [0, 0.05) is 37.2 Å². The van der Waals surface area contributed by atoms with Crippen molar-refractivity contribution in [1.29, 1.82) is 0 Å². The SMILES string of the molecule is Cc1ccccc1CNC(=O)c1cccc(C2CCCN(C(=O)NC(C)C)C2)c1. The highest BCUT2D eigenvalue weighted by molar-refractivity contribution is 5.94. The highest BCUT2D eigenvalue weighted by Gasteiger charge is 2.25. The Bertz CT molecular complexity index is 863. The molecule has 0 aromatic heterocycles. The lowest BCUT2D eigenvalue weighted by Crippen LogP contribution is -2.47. The second kappa shape index (κ2) is 9.59. The van der Waals surface area contributed by atoms with Crippen LogP contribution in [0.4, 0.5) is 4.79 Å². The smallest absolute Gasteiger partial charge is 0.317 e. The van der Waals surface area contributed by atoms with E-state index in [0.29, 0.717) is 18.7 Å². The fourth-order valence-electron chi connectivity index (χ4n) is 3.79. The van der Waals surface area contributed by atoms with Crippen LogP contribution in [0, 0.1) is 6.92 Å². The molecule has 0 spiro atoms. The minimum absolute atomic E-state index is 0.00294. The molecule has 0 radical (unpaired) electrons.